The van der Waals surface area contributed by atoms with Crippen molar-refractivity contribution >= 4 is 63.7 Å². The van der Waals surface area contributed by atoms with Gasteiger partial charge in [0.25, 0.3) is 0 Å². The van der Waals surface area contributed by atoms with Gasteiger partial charge in [-0.2, -0.15) is 0 Å². The van der Waals surface area contributed by atoms with E-state index in [4.69, 9.17) is 0 Å². The molecule has 0 fully saturated rings. The Morgan fingerprint density at radius 1 is 0.538 bits per heavy atom. The quantitative estimate of drug-likeness (QED) is 0.321. The van der Waals surface area contributed by atoms with E-state index in [9.17, 15) is 0 Å². The summed E-state index contributed by atoms with van der Waals surface area (Å²) in [5.41, 5.74) is 0. The van der Waals surface area contributed by atoms with E-state index < -0.39 is 0 Å². The molecule has 0 aliphatic carbocycles. The third-order valence-corrected chi connectivity index (χ3v) is 3.68. The molecule has 0 aliphatic heterocycles. The molecule has 0 rings (SSSR count). The Hall–Kier alpha value is 1.92. The average molecular weight is 444 g/mol. The van der Waals surface area contributed by atoms with Crippen LogP contribution in [0, 0.1) is 0 Å². The maximum Gasteiger partial charge on any atom is 0.0697 e. The van der Waals surface area contributed by atoms with Crippen molar-refractivity contribution in [2.24, 2.45) is 0 Å². The van der Waals surface area contributed by atoms with Gasteiger partial charge in [0.05, 0.1) is 7.47 Å². The second-order valence-electron chi connectivity index (χ2n) is 3.13. The van der Waals surface area contributed by atoms with Crippen LogP contribution in [0.4, 0.5) is 0 Å². The average Bonchev–Trinajstić information content (AvgIpc) is 2.01. The molecular formula is C9H16Br4. The van der Waals surface area contributed by atoms with Crippen LogP contribution < -0.4 is 0 Å². The Morgan fingerprint density at radius 3 is 1.15 bits per heavy atom. The summed E-state index contributed by atoms with van der Waals surface area (Å²) in [5.74, 6) is 0. The number of halogens is 4. The number of unbranched alkanes of at least 4 members (excludes halogenated alkanes) is 4. The molecule has 0 nitrogen and oxygen atoms in total. The summed E-state index contributed by atoms with van der Waals surface area (Å²) in [6, 6.07) is 0. The lowest BCUT2D eigenvalue weighted by Crippen LogP contribution is -1.88. The van der Waals surface area contributed by atoms with Crippen LogP contribution >= 0.6 is 63.7 Å². The van der Waals surface area contributed by atoms with Crippen LogP contribution in [0.25, 0.3) is 0 Å². The van der Waals surface area contributed by atoms with E-state index in [0.29, 0.717) is 7.47 Å². The molecule has 0 atom stereocenters. The first kappa shape index (κ1) is 14.9. The smallest absolute Gasteiger partial charge is 0.0697 e. The van der Waals surface area contributed by atoms with Crippen LogP contribution in [-0.4, -0.2) is 7.47 Å². The SMILES string of the molecule is BrC(Br)CCCCCCCC(Br)Br. The highest BCUT2D eigenvalue weighted by Crippen LogP contribution is 2.19. The van der Waals surface area contributed by atoms with Crippen LogP contribution in [0.3, 0.4) is 0 Å². The largest absolute Gasteiger partial charge is 0.0765 e. The van der Waals surface area contributed by atoms with Gasteiger partial charge in [0.2, 0.25) is 0 Å². The highest BCUT2D eigenvalue weighted by Gasteiger charge is 1.99. The second-order valence-corrected chi connectivity index (χ2v) is 10.0. The van der Waals surface area contributed by atoms with Gasteiger partial charge < -0.3 is 0 Å². The molecule has 80 valence electrons. The third kappa shape index (κ3) is 13.9. The highest BCUT2D eigenvalue weighted by molar-refractivity contribution is 9.25. The van der Waals surface area contributed by atoms with Crippen molar-refractivity contribution in [1.29, 1.82) is 0 Å². The molecule has 0 amide bonds. The topological polar surface area (TPSA) is 0 Å². The molecule has 0 aromatic rings. The maximum absolute atomic E-state index is 3.48. The van der Waals surface area contributed by atoms with Crippen molar-refractivity contribution < 1.29 is 0 Å². The Labute approximate surface area is 115 Å². The van der Waals surface area contributed by atoms with E-state index in [1.807, 2.05) is 0 Å². The van der Waals surface area contributed by atoms with Gasteiger partial charge in [0.1, 0.15) is 0 Å². The number of rotatable bonds is 8. The van der Waals surface area contributed by atoms with Crippen LogP contribution in [0.2, 0.25) is 0 Å². The maximum atomic E-state index is 3.48. The van der Waals surface area contributed by atoms with E-state index in [-0.39, 0.29) is 0 Å². The third-order valence-electron chi connectivity index (χ3n) is 1.84. The zero-order valence-electron chi connectivity index (χ0n) is 7.62. The summed E-state index contributed by atoms with van der Waals surface area (Å²) in [6.45, 7) is 0. The molecule has 0 bridgehead atoms. The summed E-state index contributed by atoms with van der Waals surface area (Å²) in [4.78, 5) is 0. The van der Waals surface area contributed by atoms with Gasteiger partial charge in [-0.25, -0.2) is 0 Å². The van der Waals surface area contributed by atoms with E-state index in [2.05, 4.69) is 63.7 Å². The van der Waals surface area contributed by atoms with Crippen LogP contribution in [0.5, 0.6) is 0 Å². The van der Waals surface area contributed by atoms with Gasteiger partial charge in [-0.05, 0) is 12.8 Å². The van der Waals surface area contributed by atoms with Gasteiger partial charge in [-0.3, -0.25) is 0 Å². The molecular weight excluding hydrogens is 428 g/mol. The Morgan fingerprint density at radius 2 is 0.846 bits per heavy atom. The van der Waals surface area contributed by atoms with Gasteiger partial charge in [-0.15, -0.1) is 0 Å². The normalized spacial score (nSPS) is 11.5. The molecule has 0 aromatic heterocycles. The zero-order chi connectivity index (χ0) is 10.1. The first-order valence-electron chi connectivity index (χ1n) is 4.69. The first-order valence-corrected chi connectivity index (χ1v) is 8.35. The molecule has 0 spiro atoms. The minimum atomic E-state index is 0.509. The second kappa shape index (κ2) is 10.4. The molecule has 4 heteroatoms. The number of hydrogen-bond acceptors (Lipinski definition) is 0. The molecule has 0 unspecified atom stereocenters. The fourth-order valence-corrected chi connectivity index (χ4v) is 2.42. The molecule has 0 saturated carbocycles. The Kier molecular flexibility index (Phi) is 12.0. The van der Waals surface area contributed by atoms with Crippen molar-refractivity contribution in [3.05, 3.63) is 0 Å². The van der Waals surface area contributed by atoms with Crippen molar-refractivity contribution in [1.82, 2.24) is 0 Å². The summed E-state index contributed by atoms with van der Waals surface area (Å²) >= 11 is 13.9. The lowest BCUT2D eigenvalue weighted by molar-refractivity contribution is 0.601. The fraction of sp³-hybridized carbons (Fsp3) is 1.00. The molecule has 0 radical (unpaired) electrons. The lowest BCUT2D eigenvalue weighted by atomic mass is 10.1. The lowest BCUT2D eigenvalue weighted by Gasteiger charge is -2.03. The van der Waals surface area contributed by atoms with Crippen molar-refractivity contribution in [3.8, 4) is 0 Å². The van der Waals surface area contributed by atoms with E-state index >= 15 is 0 Å². The Bertz CT molecular complexity index is 91.8. The minimum absolute atomic E-state index is 0.509. The van der Waals surface area contributed by atoms with Crippen LogP contribution in [0.15, 0.2) is 0 Å². The predicted molar refractivity (Wildman–Crippen MR) is 75.6 cm³/mol. The molecule has 0 heterocycles. The highest BCUT2D eigenvalue weighted by atomic mass is 79.9. The van der Waals surface area contributed by atoms with Crippen molar-refractivity contribution in [2.45, 2.75) is 52.4 Å². The van der Waals surface area contributed by atoms with E-state index in [1.165, 1.54) is 44.9 Å². The summed E-state index contributed by atoms with van der Waals surface area (Å²) in [7, 11) is 0. The summed E-state index contributed by atoms with van der Waals surface area (Å²) in [6.07, 6.45) is 9.23. The fourth-order valence-electron chi connectivity index (χ4n) is 1.13. The van der Waals surface area contributed by atoms with Crippen molar-refractivity contribution in [3.63, 3.8) is 0 Å². The molecule has 0 aliphatic rings. The predicted octanol–water partition coefficient (Wildman–Crippen LogP) is 5.95. The first-order chi connectivity index (χ1) is 6.13. The van der Waals surface area contributed by atoms with Gasteiger partial charge in [0.15, 0.2) is 0 Å². The Balaban J connectivity index is 2.92. The summed E-state index contributed by atoms with van der Waals surface area (Å²) in [5, 5.41) is 0. The van der Waals surface area contributed by atoms with Gasteiger partial charge >= 0.3 is 0 Å². The molecule has 13 heavy (non-hydrogen) atoms. The zero-order valence-corrected chi connectivity index (χ0v) is 14.0. The number of alkyl halides is 4. The minimum Gasteiger partial charge on any atom is -0.0765 e. The van der Waals surface area contributed by atoms with Gasteiger partial charge in [-0.1, -0.05) is 95.8 Å². The van der Waals surface area contributed by atoms with E-state index in [0.717, 1.165) is 0 Å². The van der Waals surface area contributed by atoms with Crippen molar-refractivity contribution in [2.75, 3.05) is 0 Å². The van der Waals surface area contributed by atoms with E-state index in [1.54, 1.807) is 0 Å². The van der Waals surface area contributed by atoms with Gasteiger partial charge in [0, 0.05) is 0 Å². The molecule has 0 N–H and O–H groups in total. The summed E-state index contributed by atoms with van der Waals surface area (Å²) < 4.78 is 1.02. The monoisotopic (exact) mass is 440 g/mol. The molecule has 0 saturated heterocycles. The molecule has 0 aromatic carbocycles. The standard InChI is InChI=1S/C9H16Br4/c10-8(11)6-4-2-1-3-5-7-9(12)13/h8-9H,1-7H2. The van der Waals surface area contributed by atoms with Crippen LogP contribution in [-0.2, 0) is 0 Å². The van der Waals surface area contributed by atoms with Crippen LogP contribution in [0.1, 0.15) is 44.9 Å². The number of hydrogen-bond donors (Lipinski definition) is 0.